The monoisotopic (exact) mass is 375 g/mol. The molecule has 4 aromatic rings. The van der Waals surface area contributed by atoms with E-state index in [0.29, 0.717) is 5.56 Å². The Morgan fingerprint density at radius 2 is 1.68 bits per heavy atom. The van der Waals surface area contributed by atoms with E-state index in [1.807, 2.05) is 17.5 Å². The summed E-state index contributed by atoms with van der Waals surface area (Å²) in [6, 6.07) is 13.3. The quantitative estimate of drug-likeness (QED) is 0.367. The third kappa shape index (κ3) is 2.96. The highest BCUT2D eigenvalue weighted by Gasteiger charge is 2.30. The molecule has 2 aromatic carbocycles. The fourth-order valence-corrected chi connectivity index (χ4v) is 4.79. The summed E-state index contributed by atoms with van der Waals surface area (Å²) in [6.07, 6.45) is -4.32. The summed E-state index contributed by atoms with van der Waals surface area (Å²) in [5.74, 6) is 0. The van der Waals surface area contributed by atoms with Crippen LogP contribution in [0.1, 0.15) is 11.1 Å². The minimum Gasteiger partial charge on any atom is -0.235 e. The minimum atomic E-state index is -4.32. The van der Waals surface area contributed by atoms with Crippen LogP contribution in [0.2, 0.25) is 0 Å². The van der Waals surface area contributed by atoms with Gasteiger partial charge in [0, 0.05) is 15.6 Å². The molecule has 0 amide bonds. The molecular weight excluding hydrogens is 363 g/mol. The standard InChI is InChI=1S/C19H12F3NS2/c1-11-14-4-2-3-5-16(14)25-17(11)15-10-24-18(23-15)12-6-8-13(9-7-12)19(20,21)22/h2-10H,1H3. The van der Waals surface area contributed by atoms with E-state index in [0.717, 1.165) is 27.7 Å². The van der Waals surface area contributed by atoms with Gasteiger partial charge in [0.2, 0.25) is 0 Å². The van der Waals surface area contributed by atoms with Crippen molar-refractivity contribution in [3.8, 4) is 21.1 Å². The fourth-order valence-electron chi connectivity index (χ4n) is 2.73. The molecule has 0 aliphatic heterocycles. The van der Waals surface area contributed by atoms with Crippen LogP contribution in [0.3, 0.4) is 0 Å². The molecular formula is C19H12F3NS2. The number of alkyl halides is 3. The van der Waals surface area contributed by atoms with E-state index >= 15 is 0 Å². The molecule has 0 radical (unpaired) electrons. The summed E-state index contributed by atoms with van der Waals surface area (Å²) in [4.78, 5) is 5.75. The molecule has 126 valence electrons. The van der Waals surface area contributed by atoms with Crippen LogP contribution in [0.4, 0.5) is 13.2 Å². The van der Waals surface area contributed by atoms with Gasteiger partial charge in [-0.25, -0.2) is 4.98 Å². The Labute approximate surface area is 150 Å². The Bertz CT molecular complexity index is 1040. The van der Waals surface area contributed by atoms with Gasteiger partial charge < -0.3 is 0 Å². The van der Waals surface area contributed by atoms with Crippen LogP contribution >= 0.6 is 22.7 Å². The molecule has 0 aliphatic carbocycles. The summed E-state index contributed by atoms with van der Waals surface area (Å²) in [5.41, 5.74) is 2.11. The second-order valence-electron chi connectivity index (χ2n) is 5.67. The number of benzene rings is 2. The van der Waals surface area contributed by atoms with Crippen LogP contribution in [-0.2, 0) is 6.18 Å². The van der Waals surface area contributed by atoms with Crippen LogP contribution in [-0.4, -0.2) is 4.98 Å². The third-order valence-corrected chi connectivity index (χ3v) is 6.23. The summed E-state index contributed by atoms with van der Waals surface area (Å²) in [7, 11) is 0. The second-order valence-corrected chi connectivity index (χ2v) is 7.58. The molecule has 6 heteroatoms. The first-order chi connectivity index (χ1) is 11.9. The van der Waals surface area contributed by atoms with E-state index in [-0.39, 0.29) is 0 Å². The second kappa shape index (κ2) is 5.97. The zero-order chi connectivity index (χ0) is 17.6. The van der Waals surface area contributed by atoms with Gasteiger partial charge in [-0.2, -0.15) is 13.2 Å². The number of aromatic nitrogens is 1. The Hall–Kier alpha value is -2.18. The number of thiazole rings is 1. The summed E-state index contributed by atoms with van der Waals surface area (Å²) >= 11 is 3.13. The lowest BCUT2D eigenvalue weighted by Crippen LogP contribution is -2.03. The maximum Gasteiger partial charge on any atom is 0.416 e. The van der Waals surface area contributed by atoms with E-state index < -0.39 is 11.7 Å². The Balaban J connectivity index is 1.71. The number of halogens is 3. The predicted octanol–water partition coefficient (Wildman–Crippen LogP) is 7.02. The third-order valence-electron chi connectivity index (χ3n) is 4.04. The van der Waals surface area contributed by atoms with Crippen molar-refractivity contribution in [1.29, 1.82) is 0 Å². The highest BCUT2D eigenvalue weighted by molar-refractivity contribution is 7.22. The molecule has 2 heterocycles. The van der Waals surface area contributed by atoms with Crippen molar-refractivity contribution in [3.05, 3.63) is 65.0 Å². The minimum absolute atomic E-state index is 0.645. The van der Waals surface area contributed by atoms with Gasteiger partial charge >= 0.3 is 6.18 Å². The molecule has 25 heavy (non-hydrogen) atoms. The number of hydrogen-bond acceptors (Lipinski definition) is 3. The van der Waals surface area contributed by atoms with E-state index in [1.54, 1.807) is 11.3 Å². The van der Waals surface area contributed by atoms with E-state index in [2.05, 4.69) is 24.0 Å². The van der Waals surface area contributed by atoms with Gasteiger partial charge in [0.25, 0.3) is 0 Å². The molecule has 2 aromatic heterocycles. The molecule has 0 N–H and O–H groups in total. The Kier molecular flexibility index (Phi) is 3.89. The van der Waals surface area contributed by atoms with Gasteiger partial charge in [-0.05, 0) is 36.1 Å². The SMILES string of the molecule is Cc1c(-c2csc(-c3ccc(C(F)(F)F)cc3)n2)sc2ccccc12. The smallest absolute Gasteiger partial charge is 0.235 e. The predicted molar refractivity (Wildman–Crippen MR) is 98.1 cm³/mol. The van der Waals surface area contributed by atoms with Crippen molar-refractivity contribution >= 4 is 32.8 Å². The van der Waals surface area contributed by atoms with E-state index in [9.17, 15) is 13.2 Å². The van der Waals surface area contributed by atoms with Crippen molar-refractivity contribution in [2.45, 2.75) is 13.1 Å². The van der Waals surface area contributed by atoms with Crippen LogP contribution in [0, 0.1) is 6.92 Å². The van der Waals surface area contributed by atoms with Gasteiger partial charge in [0.15, 0.2) is 0 Å². The lowest BCUT2D eigenvalue weighted by atomic mass is 10.1. The van der Waals surface area contributed by atoms with Gasteiger partial charge in [-0.1, -0.05) is 30.3 Å². The van der Waals surface area contributed by atoms with Crippen LogP contribution in [0.5, 0.6) is 0 Å². The zero-order valence-corrected chi connectivity index (χ0v) is 14.7. The number of nitrogens with zero attached hydrogens (tertiary/aromatic N) is 1. The Morgan fingerprint density at radius 3 is 2.36 bits per heavy atom. The molecule has 0 fully saturated rings. The largest absolute Gasteiger partial charge is 0.416 e. The maximum absolute atomic E-state index is 12.7. The van der Waals surface area contributed by atoms with Crippen LogP contribution < -0.4 is 0 Å². The van der Waals surface area contributed by atoms with Crippen molar-refractivity contribution in [1.82, 2.24) is 4.98 Å². The number of fused-ring (bicyclic) bond motifs is 1. The number of rotatable bonds is 2. The van der Waals surface area contributed by atoms with Crippen LogP contribution in [0.25, 0.3) is 31.2 Å². The first-order valence-corrected chi connectivity index (χ1v) is 9.25. The van der Waals surface area contributed by atoms with Gasteiger partial charge in [0.05, 0.1) is 16.1 Å². The Morgan fingerprint density at radius 1 is 0.960 bits per heavy atom. The normalized spacial score (nSPS) is 12.0. The van der Waals surface area contributed by atoms with Gasteiger partial charge in [-0.3, -0.25) is 0 Å². The number of hydrogen-bond donors (Lipinski definition) is 0. The van der Waals surface area contributed by atoms with E-state index in [4.69, 9.17) is 0 Å². The average molecular weight is 375 g/mol. The summed E-state index contributed by atoms with van der Waals surface area (Å²) in [5, 5.41) is 3.90. The molecule has 0 aliphatic rings. The highest BCUT2D eigenvalue weighted by atomic mass is 32.1. The molecule has 4 rings (SSSR count). The first kappa shape index (κ1) is 16.3. The highest BCUT2D eigenvalue weighted by Crippen LogP contribution is 2.40. The lowest BCUT2D eigenvalue weighted by molar-refractivity contribution is -0.137. The lowest BCUT2D eigenvalue weighted by Gasteiger charge is -2.06. The topological polar surface area (TPSA) is 12.9 Å². The molecule has 0 saturated carbocycles. The molecule has 0 saturated heterocycles. The van der Waals surface area contributed by atoms with E-state index in [1.165, 1.54) is 39.1 Å². The summed E-state index contributed by atoms with van der Waals surface area (Å²) in [6.45, 7) is 2.07. The van der Waals surface area contributed by atoms with Crippen molar-refractivity contribution in [2.24, 2.45) is 0 Å². The molecule has 0 bridgehead atoms. The number of thiophene rings is 1. The molecule has 0 atom stereocenters. The molecule has 0 unspecified atom stereocenters. The fraction of sp³-hybridized carbons (Fsp3) is 0.105. The number of aryl methyl sites for hydroxylation is 1. The van der Waals surface area contributed by atoms with Crippen molar-refractivity contribution in [3.63, 3.8) is 0 Å². The molecule has 1 nitrogen and oxygen atoms in total. The van der Waals surface area contributed by atoms with Gasteiger partial charge in [0.1, 0.15) is 5.01 Å². The zero-order valence-electron chi connectivity index (χ0n) is 13.1. The first-order valence-electron chi connectivity index (χ1n) is 7.55. The van der Waals surface area contributed by atoms with Crippen molar-refractivity contribution in [2.75, 3.05) is 0 Å². The maximum atomic E-state index is 12.7. The molecule has 0 spiro atoms. The average Bonchev–Trinajstić information content (AvgIpc) is 3.20. The van der Waals surface area contributed by atoms with Crippen LogP contribution in [0.15, 0.2) is 53.9 Å². The van der Waals surface area contributed by atoms with Crippen molar-refractivity contribution < 1.29 is 13.2 Å². The van der Waals surface area contributed by atoms with Gasteiger partial charge in [-0.15, -0.1) is 22.7 Å². The summed E-state index contributed by atoms with van der Waals surface area (Å²) < 4.78 is 39.3.